The van der Waals surface area contributed by atoms with Gasteiger partial charge in [0.1, 0.15) is 0 Å². The first-order valence-corrected chi connectivity index (χ1v) is 11.9. The van der Waals surface area contributed by atoms with Gasteiger partial charge in [-0.3, -0.25) is 24.1 Å². The number of esters is 1. The lowest BCUT2D eigenvalue weighted by molar-refractivity contribution is -0.122. The molecule has 2 aliphatic rings. The zero-order valence-corrected chi connectivity index (χ0v) is 20.2. The normalized spacial score (nSPS) is 23.6. The Bertz CT molecular complexity index is 1190. The third-order valence-corrected chi connectivity index (χ3v) is 7.23. The Labute approximate surface area is 211 Å². The van der Waals surface area contributed by atoms with Crippen LogP contribution in [0.15, 0.2) is 48.5 Å². The number of nitrogens with zero attached hydrogens (tertiary/aromatic N) is 1. The van der Waals surface area contributed by atoms with Gasteiger partial charge >= 0.3 is 5.97 Å². The summed E-state index contributed by atoms with van der Waals surface area (Å²) in [5.41, 5.74) is 1.15. The van der Waals surface area contributed by atoms with Crippen LogP contribution in [0.25, 0.3) is 0 Å². The minimum atomic E-state index is -0.794. The molecule has 1 aliphatic heterocycles. The summed E-state index contributed by atoms with van der Waals surface area (Å²) in [5.74, 6) is -3.35. The fourth-order valence-electron chi connectivity index (χ4n) is 4.35. The van der Waals surface area contributed by atoms with Gasteiger partial charge in [-0.05, 0) is 50.1 Å². The number of ketones is 1. The largest absolute Gasteiger partial charge is 0.452 e. The van der Waals surface area contributed by atoms with Crippen LogP contribution in [0, 0.1) is 11.8 Å². The van der Waals surface area contributed by atoms with E-state index < -0.39 is 41.1 Å². The molecule has 0 aromatic heterocycles. The molecule has 1 saturated carbocycles. The second-order valence-electron chi connectivity index (χ2n) is 8.54. The number of carbonyl (C=O) groups excluding carboxylic acids is 5. The number of hydrogen-bond acceptors (Lipinski definition) is 6. The summed E-state index contributed by atoms with van der Waals surface area (Å²) in [4.78, 5) is 63.2. The summed E-state index contributed by atoms with van der Waals surface area (Å²) < 4.78 is 5.09. The third kappa shape index (κ3) is 5.23. The zero-order valence-electron chi connectivity index (χ0n) is 18.7. The van der Waals surface area contributed by atoms with Crippen LogP contribution in [-0.4, -0.2) is 46.8 Å². The highest BCUT2D eigenvalue weighted by molar-refractivity contribution is 6.31. The monoisotopic (exact) mass is 516 g/mol. The summed E-state index contributed by atoms with van der Waals surface area (Å²) in [6.07, 6.45) is 0.626. The molecule has 1 saturated heterocycles. The molecule has 0 spiro atoms. The van der Waals surface area contributed by atoms with E-state index in [1.54, 1.807) is 24.3 Å². The molecule has 2 aromatic rings. The Hall–Kier alpha value is -3.23. The second-order valence-corrected chi connectivity index (χ2v) is 9.66. The van der Waals surface area contributed by atoms with E-state index in [2.05, 4.69) is 5.32 Å². The molecule has 1 heterocycles. The second kappa shape index (κ2) is 10.2. The lowest BCUT2D eigenvalue weighted by Crippen LogP contribution is -2.34. The number of fused-ring (bicyclic) bond motifs is 1. The molecule has 0 bridgehead atoms. The first-order chi connectivity index (χ1) is 16.7. The number of nitrogens with one attached hydrogen (secondary N) is 1. The smallest absolute Gasteiger partial charge is 0.338 e. The molecule has 8 nitrogen and oxygen atoms in total. The highest BCUT2D eigenvalue weighted by atomic mass is 35.5. The molecule has 2 fully saturated rings. The van der Waals surface area contributed by atoms with Gasteiger partial charge in [0.25, 0.3) is 5.91 Å². The van der Waals surface area contributed by atoms with Crippen molar-refractivity contribution in [2.75, 3.05) is 16.8 Å². The quantitative estimate of drug-likeness (QED) is 0.270. The average Bonchev–Trinajstić information content (AvgIpc) is 3.07. The molecule has 4 atom stereocenters. The predicted molar refractivity (Wildman–Crippen MR) is 130 cm³/mol. The maximum absolute atomic E-state index is 13.0. The fraction of sp³-hybridized carbons (Fsp3) is 0.320. The molecule has 1 aliphatic carbocycles. The van der Waals surface area contributed by atoms with E-state index in [1.807, 2.05) is 0 Å². The highest BCUT2D eigenvalue weighted by Gasteiger charge is 2.52. The maximum atomic E-state index is 13.0. The number of rotatable bonds is 6. The van der Waals surface area contributed by atoms with E-state index in [0.717, 1.165) is 4.90 Å². The average molecular weight is 517 g/mol. The molecule has 2 aromatic carbocycles. The van der Waals surface area contributed by atoms with Crippen LogP contribution < -0.4 is 10.2 Å². The molecule has 1 N–H and O–H groups in total. The Balaban J connectivity index is 1.41. The predicted octanol–water partition coefficient (Wildman–Crippen LogP) is 3.80. The molecule has 4 rings (SSSR count). The summed E-state index contributed by atoms with van der Waals surface area (Å²) in [5, 5.41) is 1.77. The van der Waals surface area contributed by atoms with Crippen molar-refractivity contribution in [1.29, 1.82) is 0 Å². The Morgan fingerprint density at radius 2 is 1.54 bits per heavy atom. The van der Waals surface area contributed by atoms with Crippen molar-refractivity contribution < 1.29 is 28.7 Å². The van der Waals surface area contributed by atoms with Gasteiger partial charge in [-0.25, -0.2) is 4.79 Å². The molecule has 3 amide bonds. The van der Waals surface area contributed by atoms with Crippen molar-refractivity contribution in [3.8, 4) is 0 Å². The van der Waals surface area contributed by atoms with Crippen molar-refractivity contribution >= 4 is 64.1 Å². The number of carbonyl (C=O) groups is 5. The number of hydrogen-bond donors (Lipinski definition) is 1. The van der Waals surface area contributed by atoms with Gasteiger partial charge < -0.3 is 10.1 Å². The van der Waals surface area contributed by atoms with E-state index in [0.29, 0.717) is 24.1 Å². The number of anilines is 2. The van der Waals surface area contributed by atoms with Gasteiger partial charge in [-0.15, -0.1) is 23.2 Å². The minimum absolute atomic E-state index is 0.0785. The lowest BCUT2D eigenvalue weighted by Gasteiger charge is -2.28. The SMILES string of the molecule is CC(=O)c1cccc(NC(=O)COC(=O)c2cccc(N3C(=O)[C@H]4C[C@H](Cl)[C@@H](Cl)C[C@H]4C3=O)c2)c1. The van der Waals surface area contributed by atoms with Gasteiger partial charge in [0.15, 0.2) is 12.4 Å². The number of halogens is 2. The standard InChI is InChI=1S/C25H22Cl2N2O6/c1-13(30)14-4-2-6-16(8-14)28-22(31)12-35-25(34)15-5-3-7-17(9-15)29-23(32)18-10-20(26)21(27)11-19(18)24(29)33/h2-9,18-21H,10-12H2,1H3,(H,28,31)/t18-,19+,20-,21-/m0/s1. The number of Topliss-reactive ketones (excluding diaryl/α,β-unsaturated/α-hetero) is 1. The van der Waals surface area contributed by atoms with E-state index in [9.17, 15) is 24.0 Å². The maximum Gasteiger partial charge on any atom is 0.338 e. The molecule has 182 valence electrons. The van der Waals surface area contributed by atoms with Crippen molar-refractivity contribution in [2.24, 2.45) is 11.8 Å². The van der Waals surface area contributed by atoms with Crippen LogP contribution in [0.4, 0.5) is 11.4 Å². The zero-order chi connectivity index (χ0) is 25.3. The summed E-state index contributed by atoms with van der Waals surface area (Å²) in [6.45, 7) is 0.852. The van der Waals surface area contributed by atoms with Crippen LogP contribution in [0.2, 0.25) is 0 Å². The van der Waals surface area contributed by atoms with Crippen molar-refractivity contribution in [3.63, 3.8) is 0 Å². The van der Waals surface area contributed by atoms with Gasteiger partial charge in [-0.2, -0.15) is 0 Å². The van der Waals surface area contributed by atoms with Crippen LogP contribution in [0.5, 0.6) is 0 Å². The highest BCUT2D eigenvalue weighted by Crippen LogP contribution is 2.43. The number of alkyl halides is 2. The van der Waals surface area contributed by atoms with Gasteiger partial charge in [0.2, 0.25) is 11.8 Å². The van der Waals surface area contributed by atoms with Crippen molar-refractivity contribution in [3.05, 3.63) is 59.7 Å². The first-order valence-electron chi connectivity index (χ1n) is 11.0. The molecular formula is C25H22Cl2N2O6. The number of imide groups is 1. The van der Waals surface area contributed by atoms with Crippen LogP contribution in [0.1, 0.15) is 40.5 Å². The van der Waals surface area contributed by atoms with Gasteiger partial charge in [-0.1, -0.05) is 18.2 Å². The Morgan fingerprint density at radius 3 is 2.17 bits per heavy atom. The summed E-state index contributed by atoms with van der Waals surface area (Å²) in [7, 11) is 0. The first kappa shape index (κ1) is 24.9. The lowest BCUT2D eigenvalue weighted by atomic mass is 9.80. The molecular weight excluding hydrogens is 495 g/mol. The van der Waals surface area contributed by atoms with E-state index in [1.165, 1.54) is 31.2 Å². The fourth-order valence-corrected chi connectivity index (χ4v) is 4.94. The van der Waals surface area contributed by atoms with Crippen LogP contribution in [0.3, 0.4) is 0 Å². The van der Waals surface area contributed by atoms with Gasteiger partial charge in [0.05, 0.1) is 33.8 Å². The van der Waals surface area contributed by atoms with Crippen LogP contribution in [-0.2, 0) is 19.1 Å². The summed E-state index contributed by atoms with van der Waals surface area (Å²) in [6, 6.07) is 12.3. The number of ether oxygens (including phenoxy) is 1. The Kier molecular flexibility index (Phi) is 7.23. The molecule has 0 unspecified atom stereocenters. The molecule has 0 radical (unpaired) electrons. The number of amides is 3. The van der Waals surface area contributed by atoms with E-state index >= 15 is 0 Å². The Morgan fingerprint density at radius 1 is 0.943 bits per heavy atom. The molecule has 10 heteroatoms. The van der Waals surface area contributed by atoms with Gasteiger partial charge in [0, 0.05) is 11.3 Å². The topological polar surface area (TPSA) is 110 Å². The van der Waals surface area contributed by atoms with E-state index in [-0.39, 0.29) is 28.8 Å². The third-order valence-electron chi connectivity index (χ3n) is 6.14. The van der Waals surface area contributed by atoms with E-state index in [4.69, 9.17) is 27.9 Å². The minimum Gasteiger partial charge on any atom is -0.452 e. The van der Waals surface area contributed by atoms with Crippen LogP contribution >= 0.6 is 23.2 Å². The summed E-state index contributed by atoms with van der Waals surface area (Å²) >= 11 is 12.4. The van der Waals surface area contributed by atoms with Crippen molar-refractivity contribution in [2.45, 2.75) is 30.5 Å². The molecule has 35 heavy (non-hydrogen) atoms. The number of benzene rings is 2. The van der Waals surface area contributed by atoms with Crippen molar-refractivity contribution in [1.82, 2.24) is 0 Å².